The number of carbonyl (C=O) groups excluding carboxylic acids is 2. The molecule has 36 heavy (non-hydrogen) atoms. The smallest absolute Gasteiger partial charge is 0.255 e. The third-order valence-electron chi connectivity index (χ3n) is 5.71. The highest BCUT2D eigenvalue weighted by Crippen LogP contribution is 2.35. The van der Waals surface area contributed by atoms with Gasteiger partial charge in [0.25, 0.3) is 5.91 Å². The Labute approximate surface area is 209 Å². The Balaban J connectivity index is 1.74. The van der Waals surface area contributed by atoms with Gasteiger partial charge in [0.1, 0.15) is 11.4 Å². The van der Waals surface area contributed by atoms with E-state index in [0.29, 0.717) is 22.6 Å². The van der Waals surface area contributed by atoms with Crippen molar-refractivity contribution in [3.8, 4) is 28.1 Å². The highest BCUT2D eigenvalue weighted by molar-refractivity contribution is 6.05. The van der Waals surface area contributed by atoms with Crippen LogP contribution < -0.4 is 15.4 Å². The maximum atomic E-state index is 13.0. The number of ether oxygens (including phenoxy) is 1. The monoisotopic (exact) mass is 486 g/mol. The van der Waals surface area contributed by atoms with Crippen molar-refractivity contribution in [3.05, 3.63) is 60.3 Å². The molecule has 9 nitrogen and oxygen atoms in total. The van der Waals surface area contributed by atoms with Gasteiger partial charge in [-0.2, -0.15) is 5.10 Å². The van der Waals surface area contributed by atoms with Crippen molar-refractivity contribution >= 4 is 28.5 Å². The normalized spacial score (nSPS) is 11.1. The molecule has 3 N–H and O–H groups in total. The Bertz CT molecular complexity index is 1410. The van der Waals surface area contributed by atoms with Gasteiger partial charge in [-0.25, -0.2) is 4.98 Å². The summed E-state index contributed by atoms with van der Waals surface area (Å²) in [5.41, 5.74) is 4.68. The van der Waals surface area contributed by atoms with Crippen LogP contribution in [0.1, 0.15) is 24.2 Å². The quantitative estimate of drug-likeness (QED) is 0.348. The first-order chi connectivity index (χ1) is 17.3. The van der Waals surface area contributed by atoms with Crippen LogP contribution >= 0.6 is 0 Å². The average molecular weight is 487 g/mol. The maximum Gasteiger partial charge on any atom is 0.255 e. The summed E-state index contributed by atoms with van der Waals surface area (Å²) in [6, 6.07) is 15.2. The van der Waals surface area contributed by atoms with E-state index in [1.54, 1.807) is 39.5 Å². The summed E-state index contributed by atoms with van der Waals surface area (Å²) in [6.45, 7) is 4.09. The van der Waals surface area contributed by atoms with Crippen molar-refractivity contribution in [1.82, 2.24) is 25.4 Å². The molecule has 0 radical (unpaired) electrons. The lowest BCUT2D eigenvalue weighted by Crippen LogP contribution is -2.33. The molecule has 2 aromatic carbocycles. The Hall–Kier alpha value is -4.24. The fourth-order valence-electron chi connectivity index (χ4n) is 3.85. The zero-order valence-electron chi connectivity index (χ0n) is 21.0. The van der Waals surface area contributed by atoms with Gasteiger partial charge < -0.3 is 20.3 Å². The van der Waals surface area contributed by atoms with E-state index in [9.17, 15) is 9.59 Å². The maximum absolute atomic E-state index is 13.0. The lowest BCUT2D eigenvalue weighted by atomic mass is 10.0. The van der Waals surface area contributed by atoms with Gasteiger partial charge >= 0.3 is 0 Å². The van der Waals surface area contributed by atoms with Gasteiger partial charge in [0.05, 0.1) is 24.9 Å². The molecule has 0 atom stereocenters. The molecule has 186 valence electrons. The van der Waals surface area contributed by atoms with Crippen molar-refractivity contribution in [1.29, 1.82) is 0 Å². The first kappa shape index (κ1) is 24.9. The molecule has 0 aliphatic heterocycles. The fourth-order valence-corrected chi connectivity index (χ4v) is 3.85. The van der Waals surface area contributed by atoms with E-state index in [1.807, 2.05) is 50.2 Å². The van der Waals surface area contributed by atoms with Crippen LogP contribution in [0.5, 0.6) is 5.75 Å². The number of nitrogens with one attached hydrogen (secondary N) is 3. The number of fused-ring (bicyclic) bond motifs is 1. The molecule has 0 fully saturated rings. The van der Waals surface area contributed by atoms with Gasteiger partial charge in [0.15, 0.2) is 5.65 Å². The van der Waals surface area contributed by atoms with Gasteiger partial charge in [-0.05, 0) is 35.9 Å². The number of carbonyl (C=O) groups is 2. The number of aromatic nitrogens is 3. The minimum Gasteiger partial charge on any atom is -0.496 e. The van der Waals surface area contributed by atoms with E-state index in [1.165, 1.54) is 4.90 Å². The van der Waals surface area contributed by atoms with E-state index < -0.39 is 0 Å². The Morgan fingerprint density at radius 1 is 1.08 bits per heavy atom. The van der Waals surface area contributed by atoms with Crippen LogP contribution in [0.3, 0.4) is 0 Å². The molecule has 4 rings (SSSR count). The zero-order valence-corrected chi connectivity index (χ0v) is 21.0. The summed E-state index contributed by atoms with van der Waals surface area (Å²) >= 11 is 0. The molecular weight excluding hydrogens is 456 g/mol. The van der Waals surface area contributed by atoms with Gasteiger partial charge in [-0.3, -0.25) is 14.7 Å². The minimum absolute atomic E-state index is 0.155. The first-order valence-corrected chi connectivity index (χ1v) is 11.6. The number of aromatic amines is 1. The van der Waals surface area contributed by atoms with Crippen LogP contribution in [-0.2, 0) is 4.79 Å². The molecule has 4 aromatic rings. The van der Waals surface area contributed by atoms with Crippen LogP contribution in [0, 0.1) is 0 Å². The van der Waals surface area contributed by atoms with E-state index >= 15 is 0 Å². The largest absolute Gasteiger partial charge is 0.496 e. The Morgan fingerprint density at radius 3 is 2.58 bits per heavy atom. The molecule has 0 bridgehead atoms. The second-order valence-electron chi connectivity index (χ2n) is 8.94. The van der Waals surface area contributed by atoms with Crippen molar-refractivity contribution in [3.63, 3.8) is 0 Å². The zero-order chi connectivity index (χ0) is 25.8. The number of benzene rings is 2. The summed E-state index contributed by atoms with van der Waals surface area (Å²) < 4.78 is 5.52. The van der Waals surface area contributed by atoms with Crippen LogP contribution in [0.2, 0.25) is 0 Å². The minimum atomic E-state index is -0.216. The first-order valence-electron chi connectivity index (χ1n) is 11.6. The van der Waals surface area contributed by atoms with Crippen LogP contribution in [0.25, 0.3) is 33.4 Å². The fraction of sp³-hybridized carbons (Fsp3) is 0.259. The second-order valence-corrected chi connectivity index (χ2v) is 8.94. The molecule has 2 amide bonds. The van der Waals surface area contributed by atoms with Gasteiger partial charge in [-0.15, -0.1) is 0 Å². The van der Waals surface area contributed by atoms with E-state index in [4.69, 9.17) is 4.74 Å². The number of methoxy groups -OCH3 is 1. The van der Waals surface area contributed by atoms with Crippen LogP contribution in [0.15, 0.2) is 54.7 Å². The number of anilines is 1. The van der Waals surface area contributed by atoms with Crippen LogP contribution in [0.4, 0.5) is 5.69 Å². The predicted octanol–water partition coefficient (Wildman–Crippen LogP) is 3.94. The summed E-state index contributed by atoms with van der Waals surface area (Å²) in [6.07, 6.45) is 1.73. The molecule has 0 spiro atoms. The number of H-pyrrole nitrogens is 1. The van der Waals surface area contributed by atoms with Crippen molar-refractivity contribution < 1.29 is 14.3 Å². The van der Waals surface area contributed by atoms with E-state index in [-0.39, 0.29) is 24.4 Å². The van der Waals surface area contributed by atoms with Crippen molar-refractivity contribution in [2.24, 2.45) is 0 Å². The number of rotatable bonds is 8. The Kier molecular flexibility index (Phi) is 7.30. The van der Waals surface area contributed by atoms with Gasteiger partial charge in [-0.1, -0.05) is 32.0 Å². The lowest BCUT2D eigenvalue weighted by Gasteiger charge is -2.17. The molecular formula is C27H30N6O3. The number of para-hydroxylation sites is 1. The number of pyridine rings is 1. The number of hydrogen-bond acceptors (Lipinski definition) is 6. The summed E-state index contributed by atoms with van der Waals surface area (Å²) in [4.78, 5) is 31.5. The SMILES string of the molecule is COc1ccccc1-c1n[nH]c2ncc(-c3ccc(NC(=O)CNC(C)C)c(C(=O)N(C)C)c3)cc12. The molecule has 0 aliphatic rings. The second kappa shape index (κ2) is 10.6. The third kappa shape index (κ3) is 5.21. The summed E-state index contributed by atoms with van der Waals surface area (Å²) in [5, 5.41) is 14.2. The Morgan fingerprint density at radius 2 is 1.86 bits per heavy atom. The molecule has 0 saturated carbocycles. The molecule has 0 aliphatic carbocycles. The van der Waals surface area contributed by atoms with Crippen molar-refractivity contribution in [2.75, 3.05) is 33.1 Å². The van der Waals surface area contributed by atoms with Gasteiger partial charge in [0, 0.05) is 42.8 Å². The number of nitrogens with zero attached hydrogens (tertiary/aromatic N) is 3. The number of amides is 2. The number of hydrogen-bond donors (Lipinski definition) is 3. The third-order valence-corrected chi connectivity index (χ3v) is 5.71. The highest BCUT2D eigenvalue weighted by Gasteiger charge is 2.18. The lowest BCUT2D eigenvalue weighted by molar-refractivity contribution is -0.115. The molecule has 2 aromatic heterocycles. The topological polar surface area (TPSA) is 112 Å². The molecule has 9 heteroatoms. The van der Waals surface area contributed by atoms with E-state index in [2.05, 4.69) is 25.8 Å². The standard InChI is InChI=1S/C27H30N6O3/c1-16(2)28-15-24(34)30-22-11-10-17(12-20(22)27(35)33(3)4)18-13-21-25(31-32-26(21)29-14-18)19-8-6-7-9-23(19)36-5/h6-14,16,28H,15H2,1-5H3,(H,30,34)(H,29,31,32). The summed E-state index contributed by atoms with van der Waals surface area (Å²) in [5.74, 6) is 0.283. The molecule has 0 unspecified atom stereocenters. The predicted molar refractivity (Wildman–Crippen MR) is 141 cm³/mol. The summed E-state index contributed by atoms with van der Waals surface area (Å²) in [7, 11) is 4.99. The molecule has 0 saturated heterocycles. The van der Waals surface area contributed by atoms with Crippen LogP contribution in [-0.4, -0.2) is 65.7 Å². The van der Waals surface area contributed by atoms with Gasteiger partial charge in [0.2, 0.25) is 5.91 Å². The van der Waals surface area contributed by atoms with E-state index in [0.717, 1.165) is 27.8 Å². The average Bonchev–Trinajstić information content (AvgIpc) is 3.30. The molecule has 2 heterocycles. The van der Waals surface area contributed by atoms with Crippen molar-refractivity contribution in [2.45, 2.75) is 19.9 Å². The highest BCUT2D eigenvalue weighted by atomic mass is 16.5.